The molecular weight excluding hydrogens is 309 g/mol. The summed E-state index contributed by atoms with van der Waals surface area (Å²) in [7, 11) is 0. The summed E-state index contributed by atoms with van der Waals surface area (Å²) in [6, 6.07) is 4.03. The van der Waals surface area contributed by atoms with E-state index in [2.05, 4.69) is 10.3 Å². The van der Waals surface area contributed by atoms with Gasteiger partial charge in [0.2, 0.25) is 5.91 Å². The number of aryl methyl sites for hydroxylation is 1. The second kappa shape index (κ2) is 7.43. The summed E-state index contributed by atoms with van der Waals surface area (Å²) in [5.41, 5.74) is 8.21. The highest BCUT2D eigenvalue weighted by atomic mass is 35.5. The maximum Gasteiger partial charge on any atom is 0.225 e. The first-order chi connectivity index (χ1) is 9.15. The molecule has 0 spiro atoms. The number of carbonyl (C=O) groups excluding carboxylic acids is 1. The zero-order valence-electron chi connectivity index (χ0n) is 12.1. The molecule has 2 bridgehead atoms. The van der Waals surface area contributed by atoms with Crippen LogP contribution in [0.15, 0.2) is 18.3 Å². The summed E-state index contributed by atoms with van der Waals surface area (Å²) in [5, 5.41) is 3.02. The molecule has 0 aromatic carbocycles. The second-order valence-electron chi connectivity index (χ2n) is 5.96. The van der Waals surface area contributed by atoms with Crippen molar-refractivity contribution in [3.63, 3.8) is 0 Å². The van der Waals surface area contributed by atoms with Gasteiger partial charge in [-0.3, -0.25) is 9.78 Å². The van der Waals surface area contributed by atoms with Crippen molar-refractivity contribution in [2.45, 2.75) is 38.8 Å². The standard InChI is InChI=1S/C15H21N3O.2ClH/c1-9-2-3-10(7-17-9)8-18-15(19)13-11-4-5-12(6-11)14(13)16;;/h2-3,7,11-14H,4-6,8,16H2,1H3,(H,18,19);2*1H. The predicted molar refractivity (Wildman–Crippen MR) is 87.6 cm³/mol. The molecule has 4 unspecified atom stereocenters. The number of pyridine rings is 1. The highest BCUT2D eigenvalue weighted by Crippen LogP contribution is 2.47. The number of amides is 1. The average molecular weight is 332 g/mol. The molecule has 0 radical (unpaired) electrons. The molecule has 2 aliphatic carbocycles. The molecular formula is C15H23Cl2N3O. The second-order valence-corrected chi connectivity index (χ2v) is 5.96. The van der Waals surface area contributed by atoms with Crippen molar-refractivity contribution in [2.24, 2.45) is 23.5 Å². The van der Waals surface area contributed by atoms with Gasteiger partial charge in [0.15, 0.2) is 0 Å². The number of nitrogens with zero attached hydrogens (tertiary/aromatic N) is 1. The number of rotatable bonds is 3. The number of carbonyl (C=O) groups is 1. The SMILES string of the molecule is Cc1ccc(CNC(=O)C2C3CCC(C3)C2N)cn1.Cl.Cl. The van der Waals surface area contributed by atoms with Gasteiger partial charge in [-0.25, -0.2) is 0 Å². The lowest BCUT2D eigenvalue weighted by Gasteiger charge is -2.27. The van der Waals surface area contributed by atoms with Crippen LogP contribution in [0, 0.1) is 24.7 Å². The highest BCUT2D eigenvalue weighted by molar-refractivity contribution is 5.85. The Hall–Kier alpha value is -0.840. The van der Waals surface area contributed by atoms with Gasteiger partial charge in [0.1, 0.15) is 0 Å². The van der Waals surface area contributed by atoms with Crippen LogP contribution in [-0.2, 0) is 11.3 Å². The molecule has 1 heterocycles. The van der Waals surface area contributed by atoms with Crippen LogP contribution < -0.4 is 11.1 Å². The van der Waals surface area contributed by atoms with Crippen LogP contribution in [0.1, 0.15) is 30.5 Å². The minimum absolute atomic E-state index is 0. The minimum Gasteiger partial charge on any atom is -0.352 e. The molecule has 2 fully saturated rings. The number of nitrogens with one attached hydrogen (secondary N) is 1. The van der Waals surface area contributed by atoms with Crippen LogP contribution in [0.5, 0.6) is 0 Å². The van der Waals surface area contributed by atoms with Gasteiger partial charge in [-0.2, -0.15) is 0 Å². The summed E-state index contributed by atoms with van der Waals surface area (Å²) in [6.45, 7) is 2.50. The zero-order valence-corrected chi connectivity index (χ0v) is 13.8. The van der Waals surface area contributed by atoms with Crippen molar-refractivity contribution in [3.8, 4) is 0 Å². The van der Waals surface area contributed by atoms with Gasteiger partial charge in [0, 0.05) is 24.5 Å². The summed E-state index contributed by atoms with van der Waals surface area (Å²) in [5.74, 6) is 1.23. The fourth-order valence-electron chi connectivity index (χ4n) is 3.63. The number of aromatic nitrogens is 1. The molecule has 3 N–H and O–H groups in total. The number of halogens is 2. The summed E-state index contributed by atoms with van der Waals surface area (Å²) in [4.78, 5) is 16.5. The van der Waals surface area contributed by atoms with E-state index in [9.17, 15) is 4.79 Å². The third-order valence-corrected chi connectivity index (χ3v) is 4.72. The molecule has 6 heteroatoms. The Morgan fingerprint density at radius 1 is 1.33 bits per heavy atom. The Kier molecular flexibility index (Phi) is 6.44. The lowest BCUT2D eigenvalue weighted by molar-refractivity contribution is -0.127. The van der Waals surface area contributed by atoms with Crippen molar-refractivity contribution in [3.05, 3.63) is 29.6 Å². The topological polar surface area (TPSA) is 68.0 Å². The van der Waals surface area contributed by atoms with Gasteiger partial charge in [0.25, 0.3) is 0 Å². The lowest BCUT2D eigenvalue weighted by Crippen LogP contribution is -2.45. The van der Waals surface area contributed by atoms with E-state index in [4.69, 9.17) is 5.73 Å². The monoisotopic (exact) mass is 331 g/mol. The number of nitrogens with two attached hydrogens (primary N) is 1. The number of hydrogen-bond donors (Lipinski definition) is 2. The van der Waals surface area contributed by atoms with Gasteiger partial charge < -0.3 is 11.1 Å². The molecule has 21 heavy (non-hydrogen) atoms. The van der Waals surface area contributed by atoms with Gasteiger partial charge in [0.05, 0.1) is 5.92 Å². The maximum absolute atomic E-state index is 12.3. The average Bonchev–Trinajstić information content (AvgIpc) is 2.98. The first-order valence-corrected chi connectivity index (χ1v) is 7.10. The van der Waals surface area contributed by atoms with Gasteiger partial charge in [-0.15, -0.1) is 24.8 Å². The molecule has 4 nitrogen and oxygen atoms in total. The predicted octanol–water partition coefficient (Wildman–Crippen LogP) is 2.22. The molecule has 4 atom stereocenters. The van der Waals surface area contributed by atoms with E-state index in [0.29, 0.717) is 18.4 Å². The molecule has 118 valence electrons. The van der Waals surface area contributed by atoms with Crippen molar-refractivity contribution in [1.29, 1.82) is 0 Å². The quantitative estimate of drug-likeness (QED) is 0.892. The summed E-state index contributed by atoms with van der Waals surface area (Å²) in [6.07, 6.45) is 5.34. The summed E-state index contributed by atoms with van der Waals surface area (Å²) < 4.78 is 0. The van der Waals surface area contributed by atoms with Crippen molar-refractivity contribution in [1.82, 2.24) is 10.3 Å². The third kappa shape index (κ3) is 3.68. The van der Waals surface area contributed by atoms with E-state index < -0.39 is 0 Å². The normalized spacial score (nSPS) is 29.4. The summed E-state index contributed by atoms with van der Waals surface area (Å²) >= 11 is 0. The minimum atomic E-state index is 0. The van der Waals surface area contributed by atoms with Crippen LogP contribution in [0.25, 0.3) is 0 Å². The Balaban J connectivity index is 0.00000110. The van der Waals surface area contributed by atoms with E-state index in [1.54, 1.807) is 0 Å². The molecule has 0 aliphatic heterocycles. The molecule has 2 aliphatic rings. The van der Waals surface area contributed by atoms with Gasteiger partial charge in [-0.05, 0) is 49.7 Å². The van der Waals surface area contributed by atoms with E-state index >= 15 is 0 Å². The van der Waals surface area contributed by atoms with Crippen molar-refractivity contribution < 1.29 is 4.79 Å². The first-order valence-electron chi connectivity index (χ1n) is 7.10. The molecule has 3 rings (SSSR count). The Bertz CT molecular complexity index is 478. The zero-order chi connectivity index (χ0) is 13.4. The Morgan fingerprint density at radius 3 is 2.62 bits per heavy atom. The fraction of sp³-hybridized carbons (Fsp3) is 0.600. The number of fused-ring (bicyclic) bond motifs is 2. The Labute approximate surface area is 138 Å². The lowest BCUT2D eigenvalue weighted by atomic mass is 9.84. The maximum atomic E-state index is 12.3. The van der Waals surface area contributed by atoms with E-state index in [1.165, 1.54) is 12.8 Å². The molecule has 0 saturated heterocycles. The largest absolute Gasteiger partial charge is 0.352 e. The first kappa shape index (κ1) is 18.2. The van der Waals surface area contributed by atoms with Crippen LogP contribution in [0.3, 0.4) is 0 Å². The van der Waals surface area contributed by atoms with Crippen LogP contribution >= 0.6 is 24.8 Å². The molecule has 1 aromatic heterocycles. The van der Waals surface area contributed by atoms with Crippen LogP contribution in [0.2, 0.25) is 0 Å². The van der Waals surface area contributed by atoms with Crippen molar-refractivity contribution >= 4 is 30.7 Å². The third-order valence-electron chi connectivity index (χ3n) is 4.72. The Morgan fingerprint density at radius 2 is 2.05 bits per heavy atom. The number of hydrogen-bond acceptors (Lipinski definition) is 3. The van der Waals surface area contributed by atoms with E-state index in [-0.39, 0.29) is 42.7 Å². The van der Waals surface area contributed by atoms with E-state index in [0.717, 1.165) is 17.7 Å². The molecule has 1 aromatic rings. The highest BCUT2D eigenvalue weighted by Gasteiger charge is 2.48. The fourth-order valence-corrected chi connectivity index (χ4v) is 3.63. The molecule has 2 saturated carbocycles. The van der Waals surface area contributed by atoms with Crippen molar-refractivity contribution in [2.75, 3.05) is 0 Å². The molecule has 1 amide bonds. The smallest absolute Gasteiger partial charge is 0.225 e. The van der Waals surface area contributed by atoms with Gasteiger partial charge in [-0.1, -0.05) is 6.07 Å². The van der Waals surface area contributed by atoms with Crippen LogP contribution in [-0.4, -0.2) is 16.9 Å². The van der Waals surface area contributed by atoms with E-state index in [1.807, 2.05) is 25.3 Å². The van der Waals surface area contributed by atoms with Crippen LogP contribution in [0.4, 0.5) is 0 Å². The van der Waals surface area contributed by atoms with Gasteiger partial charge >= 0.3 is 0 Å².